The van der Waals surface area contributed by atoms with Crippen molar-refractivity contribution >= 4 is 5.78 Å². The summed E-state index contributed by atoms with van der Waals surface area (Å²) in [6.45, 7) is 6.22. The molecule has 0 heterocycles. The molecule has 0 bridgehead atoms. The van der Waals surface area contributed by atoms with E-state index >= 15 is 0 Å². The van der Waals surface area contributed by atoms with E-state index in [1.54, 1.807) is 6.08 Å². The number of hydrogen-bond donors (Lipinski definition) is 0. The van der Waals surface area contributed by atoms with Gasteiger partial charge in [-0.25, -0.2) is 0 Å². The minimum absolute atomic E-state index is 0.138. The molecule has 0 spiro atoms. The number of ether oxygens (including phenoxy) is 1. The van der Waals surface area contributed by atoms with Crippen molar-refractivity contribution in [3.05, 3.63) is 24.5 Å². The van der Waals surface area contributed by atoms with Gasteiger partial charge in [-0.1, -0.05) is 6.08 Å². The van der Waals surface area contributed by atoms with Crippen LogP contribution in [0.3, 0.4) is 0 Å². The van der Waals surface area contributed by atoms with Crippen molar-refractivity contribution in [3.63, 3.8) is 0 Å². The molecule has 72 valence electrons. The predicted octanol–water partition coefficient (Wildman–Crippen LogP) is 2.46. The normalized spacial score (nSPS) is 21.5. The first kappa shape index (κ1) is 10.0. The molecule has 0 radical (unpaired) electrons. The van der Waals surface area contributed by atoms with Crippen LogP contribution in [0.2, 0.25) is 0 Å². The van der Waals surface area contributed by atoms with Gasteiger partial charge in [0.25, 0.3) is 0 Å². The molecule has 0 saturated carbocycles. The summed E-state index contributed by atoms with van der Waals surface area (Å²) in [5, 5.41) is 0. The summed E-state index contributed by atoms with van der Waals surface area (Å²) in [4.78, 5) is 11.4. The second-order valence-electron chi connectivity index (χ2n) is 3.21. The number of carbonyl (C=O) groups is 1. The number of ketones is 1. The van der Waals surface area contributed by atoms with Crippen LogP contribution >= 0.6 is 0 Å². The summed E-state index contributed by atoms with van der Waals surface area (Å²) >= 11 is 0. The molecule has 0 aromatic heterocycles. The van der Waals surface area contributed by atoms with Crippen LogP contribution in [-0.4, -0.2) is 12.4 Å². The number of allylic oxidation sites excluding steroid dienone is 3. The molecule has 13 heavy (non-hydrogen) atoms. The lowest BCUT2D eigenvalue weighted by Gasteiger charge is -2.07. The quantitative estimate of drug-likeness (QED) is 0.607. The van der Waals surface area contributed by atoms with Gasteiger partial charge in [-0.2, -0.15) is 0 Å². The van der Waals surface area contributed by atoms with Crippen molar-refractivity contribution in [1.29, 1.82) is 0 Å². The molecule has 1 rings (SSSR count). The molecular formula is C11H16O2. The summed E-state index contributed by atoms with van der Waals surface area (Å²) < 4.78 is 5.30. The molecule has 0 aromatic carbocycles. The summed E-state index contributed by atoms with van der Waals surface area (Å²) in [6, 6.07) is 0. The third-order valence-electron chi connectivity index (χ3n) is 2.20. The SMILES string of the molecule is C=CCCC1CC(OCC)=CC1=O. The topological polar surface area (TPSA) is 26.3 Å². The Morgan fingerprint density at radius 2 is 2.54 bits per heavy atom. The Balaban J connectivity index is 2.39. The lowest BCUT2D eigenvalue weighted by Crippen LogP contribution is -2.05. The maximum Gasteiger partial charge on any atom is 0.162 e. The molecule has 0 N–H and O–H groups in total. The Morgan fingerprint density at radius 1 is 1.77 bits per heavy atom. The first-order valence-electron chi connectivity index (χ1n) is 4.76. The minimum Gasteiger partial charge on any atom is -0.498 e. The third-order valence-corrected chi connectivity index (χ3v) is 2.20. The van der Waals surface area contributed by atoms with Crippen LogP contribution in [0, 0.1) is 5.92 Å². The minimum atomic E-state index is 0.138. The van der Waals surface area contributed by atoms with Crippen molar-refractivity contribution < 1.29 is 9.53 Å². The second kappa shape index (κ2) is 4.85. The largest absolute Gasteiger partial charge is 0.498 e. The zero-order valence-corrected chi connectivity index (χ0v) is 8.08. The molecule has 1 unspecified atom stereocenters. The monoisotopic (exact) mass is 180 g/mol. The van der Waals surface area contributed by atoms with Gasteiger partial charge in [0.1, 0.15) is 5.76 Å². The maximum absolute atomic E-state index is 11.4. The van der Waals surface area contributed by atoms with Crippen LogP contribution in [0.1, 0.15) is 26.2 Å². The van der Waals surface area contributed by atoms with E-state index < -0.39 is 0 Å². The van der Waals surface area contributed by atoms with Gasteiger partial charge in [0.05, 0.1) is 6.61 Å². The Bertz CT molecular complexity index is 228. The number of hydrogen-bond acceptors (Lipinski definition) is 2. The molecular weight excluding hydrogens is 164 g/mol. The van der Waals surface area contributed by atoms with Crippen molar-refractivity contribution in [1.82, 2.24) is 0 Å². The fourth-order valence-electron chi connectivity index (χ4n) is 1.53. The van der Waals surface area contributed by atoms with E-state index in [0.29, 0.717) is 6.61 Å². The third kappa shape index (κ3) is 2.72. The summed E-state index contributed by atoms with van der Waals surface area (Å²) in [5.41, 5.74) is 0. The molecule has 0 fully saturated rings. The van der Waals surface area contributed by atoms with Gasteiger partial charge < -0.3 is 4.74 Å². The lowest BCUT2D eigenvalue weighted by atomic mass is 10.00. The number of rotatable bonds is 5. The van der Waals surface area contributed by atoms with Gasteiger partial charge in [-0.15, -0.1) is 6.58 Å². The van der Waals surface area contributed by atoms with E-state index in [-0.39, 0.29) is 11.7 Å². The van der Waals surface area contributed by atoms with Crippen LogP contribution in [0.25, 0.3) is 0 Å². The molecule has 0 saturated heterocycles. The highest BCUT2D eigenvalue weighted by atomic mass is 16.5. The van der Waals surface area contributed by atoms with Gasteiger partial charge in [0.2, 0.25) is 0 Å². The standard InChI is InChI=1S/C11H16O2/c1-3-5-6-9-7-10(13-4-2)8-11(9)12/h3,8-9H,1,4-7H2,2H3. The van der Waals surface area contributed by atoms with E-state index in [1.165, 1.54) is 0 Å². The highest BCUT2D eigenvalue weighted by Gasteiger charge is 2.25. The molecule has 0 aliphatic heterocycles. The zero-order chi connectivity index (χ0) is 9.68. The molecule has 1 aliphatic rings. The molecule has 2 nitrogen and oxygen atoms in total. The highest BCUT2D eigenvalue weighted by molar-refractivity contribution is 5.94. The van der Waals surface area contributed by atoms with Gasteiger partial charge in [-0.3, -0.25) is 4.79 Å². The van der Waals surface area contributed by atoms with Gasteiger partial charge in [-0.05, 0) is 19.8 Å². The second-order valence-corrected chi connectivity index (χ2v) is 3.21. The van der Waals surface area contributed by atoms with Gasteiger partial charge in [0.15, 0.2) is 5.78 Å². The van der Waals surface area contributed by atoms with Crippen LogP contribution in [0.5, 0.6) is 0 Å². The average Bonchev–Trinajstić information content (AvgIpc) is 2.44. The summed E-state index contributed by atoms with van der Waals surface area (Å²) in [5.74, 6) is 1.20. The zero-order valence-electron chi connectivity index (χ0n) is 8.08. The first-order chi connectivity index (χ1) is 6.27. The fraction of sp³-hybridized carbons (Fsp3) is 0.545. The summed E-state index contributed by atoms with van der Waals surface area (Å²) in [7, 11) is 0. The Labute approximate surface area is 79.3 Å². The van der Waals surface area contributed by atoms with Crippen LogP contribution in [0.4, 0.5) is 0 Å². The Kier molecular flexibility index (Phi) is 3.74. The lowest BCUT2D eigenvalue weighted by molar-refractivity contribution is -0.117. The molecule has 1 atom stereocenters. The highest BCUT2D eigenvalue weighted by Crippen LogP contribution is 2.26. The van der Waals surface area contributed by atoms with E-state index in [9.17, 15) is 4.79 Å². The molecule has 2 heteroatoms. The first-order valence-corrected chi connectivity index (χ1v) is 4.76. The van der Waals surface area contributed by atoms with Crippen LogP contribution < -0.4 is 0 Å². The Hall–Kier alpha value is -1.05. The summed E-state index contributed by atoms with van der Waals surface area (Å²) in [6.07, 6.45) is 6.07. The van der Waals surface area contributed by atoms with Crippen LogP contribution in [0.15, 0.2) is 24.5 Å². The smallest absolute Gasteiger partial charge is 0.162 e. The molecule has 0 amide bonds. The van der Waals surface area contributed by atoms with E-state index in [0.717, 1.165) is 25.0 Å². The van der Waals surface area contributed by atoms with Crippen molar-refractivity contribution in [2.75, 3.05) is 6.61 Å². The predicted molar refractivity (Wildman–Crippen MR) is 52.3 cm³/mol. The van der Waals surface area contributed by atoms with Gasteiger partial charge in [0, 0.05) is 18.4 Å². The van der Waals surface area contributed by atoms with Crippen molar-refractivity contribution in [2.24, 2.45) is 5.92 Å². The Morgan fingerprint density at radius 3 is 3.15 bits per heavy atom. The van der Waals surface area contributed by atoms with Crippen molar-refractivity contribution in [2.45, 2.75) is 26.2 Å². The molecule has 1 aliphatic carbocycles. The molecule has 0 aromatic rings. The van der Waals surface area contributed by atoms with E-state index in [1.807, 2.05) is 13.0 Å². The van der Waals surface area contributed by atoms with E-state index in [2.05, 4.69) is 6.58 Å². The average molecular weight is 180 g/mol. The van der Waals surface area contributed by atoms with Crippen molar-refractivity contribution in [3.8, 4) is 0 Å². The van der Waals surface area contributed by atoms with Gasteiger partial charge >= 0.3 is 0 Å². The fourth-order valence-corrected chi connectivity index (χ4v) is 1.53. The van der Waals surface area contributed by atoms with Crippen LogP contribution in [-0.2, 0) is 9.53 Å². The number of carbonyl (C=O) groups excluding carboxylic acids is 1. The maximum atomic E-state index is 11.4. The van der Waals surface area contributed by atoms with E-state index in [4.69, 9.17) is 4.74 Å².